The standard InChI is InChI=1S/C25H26ClFN4O3S/c1-5-11-35-25-29-24-28-14(2)22(15(3)32)23(31(24)30-25)16-9-10-20(21(12-16)33-4)34-13-17-18(26)7-6-8-19(17)27/h6-10,12,23H,5,11,13H2,1-4H3,(H,28,29,30). The van der Waals surface area contributed by atoms with Crippen LogP contribution in [0.25, 0.3) is 0 Å². The maximum Gasteiger partial charge on any atom is 0.227 e. The van der Waals surface area contributed by atoms with Gasteiger partial charge in [-0.05, 0) is 50.1 Å². The van der Waals surface area contributed by atoms with Crippen LogP contribution in [0.2, 0.25) is 5.02 Å². The van der Waals surface area contributed by atoms with Gasteiger partial charge in [-0.2, -0.15) is 4.98 Å². The van der Waals surface area contributed by atoms with Crippen LogP contribution in [0.15, 0.2) is 52.8 Å². The third-order valence-corrected chi connectivity index (χ3v) is 6.98. The number of aromatic nitrogens is 3. The van der Waals surface area contributed by atoms with E-state index in [1.165, 1.54) is 20.1 Å². The normalized spacial score (nSPS) is 15.0. The van der Waals surface area contributed by atoms with E-state index in [-0.39, 0.29) is 23.0 Å². The molecule has 1 N–H and O–H groups in total. The Bertz CT molecular complexity index is 1270. The second-order valence-electron chi connectivity index (χ2n) is 8.03. The van der Waals surface area contributed by atoms with Crippen molar-refractivity contribution in [3.8, 4) is 11.5 Å². The third-order valence-electron chi connectivity index (χ3n) is 5.58. The third kappa shape index (κ3) is 5.16. The SMILES string of the molecule is CCCSc1nc2n(n1)C(c1ccc(OCc3c(F)cccc3Cl)c(OC)c1)C(C(C)=O)=C(C)N2. The lowest BCUT2D eigenvalue weighted by Gasteiger charge is -2.28. The Morgan fingerprint density at radius 2 is 2.09 bits per heavy atom. The summed E-state index contributed by atoms with van der Waals surface area (Å²) in [6.07, 6.45) is 0.998. The summed E-state index contributed by atoms with van der Waals surface area (Å²) in [5.74, 6) is 1.82. The number of hydrogen-bond acceptors (Lipinski definition) is 7. The summed E-state index contributed by atoms with van der Waals surface area (Å²) in [4.78, 5) is 17.3. The number of nitrogens with zero attached hydrogens (tertiary/aromatic N) is 3. The van der Waals surface area contributed by atoms with Crippen molar-refractivity contribution < 1.29 is 18.7 Å². The van der Waals surface area contributed by atoms with Gasteiger partial charge in [-0.25, -0.2) is 9.07 Å². The molecule has 1 aliphatic rings. The summed E-state index contributed by atoms with van der Waals surface area (Å²) in [6.45, 7) is 5.43. The fraction of sp³-hybridized carbons (Fsp3) is 0.320. The second kappa shape index (κ2) is 10.7. The summed E-state index contributed by atoms with van der Waals surface area (Å²) >= 11 is 7.69. The molecule has 184 valence electrons. The van der Waals surface area contributed by atoms with E-state index in [1.807, 2.05) is 13.0 Å². The van der Waals surface area contributed by atoms with Crippen LogP contribution in [0, 0.1) is 5.82 Å². The molecule has 1 aliphatic heterocycles. The van der Waals surface area contributed by atoms with Crippen LogP contribution in [-0.2, 0) is 11.4 Å². The largest absolute Gasteiger partial charge is 0.493 e. The number of benzene rings is 2. The molecule has 0 amide bonds. The van der Waals surface area contributed by atoms with Gasteiger partial charge in [0.25, 0.3) is 0 Å². The number of thioether (sulfide) groups is 1. The summed E-state index contributed by atoms with van der Waals surface area (Å²) in [7, 11) is 1.53. The minimum Gasteiger partial charge on any atom is -0.493 e. The lowest BCUT2D eigenvalue weighted by molar-refractivity contribution is -0.114. The molecule has 1 aromatic heterocycles. The molecule has 0 bridgehead atoms. The highest BCUT2D eigenvalue weighted by Gasteiger charge is 2.33. The van der Waals surface area contributed by atoms with Gasteiger partial charge in [0.15, 0.2) is 17.3 Å². The van der Waals surface area contributed by atoms with Crippen molar-refractivity contribution in [2.75, 3.05) is 18.2 Å². The molecule has 2 heterocycles. The Hall–Kier alpha value is -3.04. The summed E-state index contributed by atoms with van der Waals surface area (Å²) in [6, 6.07) is 9.39. The van der Waals surface area contributed by atoms with E-state index in [0.717, 1.165) is 23.4 Å². The van der Waals surface area contributed by atoms with Crippen LogP contribution >= 0.6 is 23.4 Å². The molecular weight excluding hydrogens is 491 g/mol. The van der Waals surface area contributed by atoms with E-state index < -0.39 is 11.9 Å². The monoisotopic (exact) mass is 516 g/mol. The highest BCUT2D eigenvalue weighted by molar-refractivity contribution is 7.99. The van der Waals surface area contributed by atoms with Crippen molar-refractivity contribution in [1.82, 2.24) is 14.8 Å². The lowest BCUT2D eigenvalue weighted by Crippen LogP contribution is -2.27. The van der Waals surface area contributed by atoms with Crippen molar-refractivity contribution in [3.05, 3.63) is 69.6 Å². The number of fused-ring (bicyclic) bond motifs is 1. The first kappa shape index (κ1) is 25.1. The fourth-order valence-corrected chi connectivity index (χ4v) is 4.84. The maximum absolute atomic E-state index is 14.2. The average Bonchev–Trinajstić information content (AvgIpc) is 3.23. The number of ketones is 1. The number of nitrogens with one attached hydrogen (secondary N) is 1. The molecule has 35 heavy (non-hydrogen) atoms. The number of ether oxygens (including phenoxy) is 2. The molecule has 0 radical (unpaired) electrons. The quantitative estimate of drug-likeness (QED) is 0.347. The predicted octanol–water partition coefficient (Wildman–Crippen LogP) is 6.04. The van der Waals surface area contributed by atoms with Gasteiger partial charge in [-0.3, -0.25) is 4.79 Å². The van der Waals surface area contributed by atoms with Gasteiger partial charge >= 0.3 is 0 Å². The van der Waals surface area contributed by atoms with Gasteiger partial charge in [0.2, 0.25) is 11.1 Å². The number of anilines is 1. The van der Waals surface area contributed by atoms with Crippen LogP contribution in [0.1, 0.15) is 44.4 Å². The molecule has 0 spiro atoms. The number of hydrogen-bond donors (Lipinski definition) is 1. The Morgan fingerprint density at radius 3 is 2.77 bits per heavy atom. The predicted molar refractivity (Wildman–Crippen MR) is 135 cm³/mol. The van der Waals surface area contributed by atoms with E-state index >= 15 is 0 Å². The van der Waals surface area contributed by atoms with Crippen molar-refractivity contribution in [2.45, 2.75) is 45.0 Å². The highest BCUT2D eigenvalue weighted by atomic mass is 35.5. The van der Waals surface area contributed by atoms with E-state index in [0.29, 0.717) is 28.2 Å². The van der Waals surface area contributed by atoms with Gasteiger partial charge in [-0.15, -0.1) is 5.10 Å². The molecule has 0 fully saturated rings. The summed E-state index contributed by atoms with van der Waals surface area (Å²) in [5, 5.41) is 8.82. The Morgan fingerprint density at radius 1 is 1.29 bits per heavy atom. The Balaban J connectivity index is 1.70. The summed E-state index contributed by atoms with van der Waals surface area (Å²) in [5.41, 5.74) is 2.36. The number of Topliss-reactive ketones (excluding diaryl/α,β-unsaturated/α-hetero) is 1. The Kier molecular flexibility index (Phi) is 7.66. The van der Waals surface area contributed by atoms with Crippen LogP contribution in [0.4, 0.5) is 10.3 Å². The van der Waals surface area contributed by atoms with Crippen LogP contribution in [0.3, 0.4) is 0 Å². The van der Waals surface area contributed by atoms with Gasteiger partial charge in [0, 0.05) is 22.6 Å². The smallest absolute Gasteiger partial charge is 0.227 e. The van der Waals surface area contributed by atoms with Crippen LogP contribution in [-0.4, -0.2) is 33.4 Å². The fourth-order valence-electron chi connectivity index (χ4n) is 3.94. The van der Waals surface area contributed by atoms with Crippen LogP contribution < -0.4 is 14.8 Å². The molecule has 0 saturated carbocycles. The maximum atomic E-state index is 14.2. The minimum atomic E-state index is -0.490. The van der Waals surface area contributed by atoms with Gasteiger partial charge in [-0.1, -0.05) is 42.4 Å². The zero-order valence-corrected chi connectivity index (χ0v) is 21.5. The topological polar surface area (TPSA) is 78.3 Å². The average molecular weight is 517 g/mol. The number of rotatable bonds is 9. The van der Waals surface area contributed by atoms with Gasteiger partial charge < -0.3 is 14.8 Å². The molecule has 4 rings (SSSR count). The van der Waals surface area contributed by atoms with Crippen molar-refractivity contribution in [2.24, 2.45) is 0 Å². The first-order valence-corrected chi connectivity index (χ1v) is 12.5. The molecule has 0 saturated heterocycles. The minimum absolute atomic E-state index is 0.0580. The van der Waals surface area contributed by atoms with Crippen LogP contribution in [0.5, 0.6) is 11.5 Å². The molecule has 3 aromatic rings. The number of allylic oxidation sites excluding steroid dienone is 2. The number of carbonyl (C=O) groups excluding carboxylic acids is 1. The summed E-state index contributed by atoms with van der Waals surface area (Å²) < 4.78 is 27.3. The second-order valence-corrected chi connectivity index (χ2v) is 9.50. The first-order chi connectivity index (χ1) is 16.8. The number of carbonyl (C=O) groups is 1. The molecule has 7 nitrogen and oxygen atoms in total. The highest BCUT2D eigenvalue weighted by Crippen LogP contribution is 2.40. The van der Waals surface area contributed by atoms with Crippen molar-refractivity contribution in [1.29, 1.82) is 0 Å². The zero-order valence-electron chi connectivity index (χ0n) is 19.9. The molecule has 1 atom stereocenters. The van der Waals surface area contributed by atoms with Gasteiger partial charge in [0.1, 0.15) is 18.5 Å². The van der Waals surface area contributed by atoms with E-state index in [4.69, 9.17) is 21.1 Å². The van der Waals surface area contributed by atoms with E-state index in [1.54, 1.807) is 40.7 Å². The molecule has 2 aromatic carbocycles. The van der Waals surface area contributed by atoms with Gasteiger partial charge in [0.05, 0.1) is 12.1 Å². The lowest BCUT2D eigenvalue weighted by atomic mass is 9.93. The molecule has 10 heteroatoms. The van der Waals surface area contributed by atoms with Crippen molar-refractivity contribution in [3.63, 3.8) is 0 Å². The molecular formula is C25H26ClFN4O3S. The van der Waals surface area contributed by atoms with E-state index in [2.05, 4.69) is 22.3 Å². The first-order valence-electron chi connectivity index (χ1n) is 11.2. The Labute approximate surface area is 212 Å². The van der Waals surface area contributed by atoms with Crippen molar-refractivity contribution >= 4 is 35.1 Å². The number of halogens is 2. The van der Waals surface area contributed by atoms with E-state index in [9.17, 15) is 9.18 Å². The number of methoxy groups -OCH3 is 1. The molecule has 1 unspecified atom stereocenters. The zero-order chi connectivity index (χ0) is 25.1. The molecule has 0 aliphatic carbocycles.